The molecule has 0 aliphatic heterocycles. The zero-order valence-electron chi connectivity index (χ0n) is 16.0. The Morgan fingerprint density at radius 2 is 1.74 bits per heavy atom. The van der Waals surface area contributed by atoms with Crippen LogP contribution in [0.1, 0.15) is 25.0 Å². The minimum absolute atomic E-state index is 0.231. The van der Waals surface area contributed by atoms with E-state index in [-0.39, 0.29) is 10.9 Å². The van der Waals surface area contributed by atoms with Crippen LogP contribution in [0.5, 0.6) is 0 Å². The molecule has 5 nitrogen and oxygen atoms in total. The van der Waals surface area contributed by atoms with Crippen LogP contribution in [0.15, 0.2) is 52.4 Å². The lowest BCUT2D eigenvalue weighted by atomic mass is 10.2. The van der Waals surface area contributed by atoms with E-state index >= 15 is 0 Å². The molecule has 0 atom stereocenters. The van der Waals surface area contributed by atoms with Gasteiger partial charge in [-0.05, 0) is 57.5 Å². The fourth-order valence-electron chi connectivity index (χ4n) is 2.24. The molecule has 27 heavy (non-hydrogen) atoms. The van der Waals surface area contributed by atoms with E-state index in [1.807, 2.05) is 39.8 Å². The zero-order valence-corrected chi connectivity index (χ0v) is 18.4. The smallest absolute Gasteiger partial charge is 0.253 e. The van der Waals surface area contributed by atoms with E-state index < -0.39 is 10.0 Å². The van der Waals surface area contributed by atoms with Gasteiger partial charge in [-0.15, -0.1) is 3.71 Å². The number of nitrogens with zero attached hydrogens (tertiary/aromatic N) is 3. The summed E-state index contributed by atoms with van der Waals surface area (Å²) < 4.78 is 29.0. The van der Waals surface area contributed by atoms with Crippen LogP contribution in [0.25, 0.3) is 0 Å². The summed E-state index contributed by atoms with van der Waals surface area (Å²) in [5.41, 5.74) is 2.74. The molecular formula is C19H24ClN3O2S2. The molecule has 0 bridgehead atoms. The van der Waals surface area contributed by atoms with Crippen LogP contribution in [0.4, 0.5) is 5.69 Å². The molecular weight excluding hydrogens is 402 g/mol. The van der Waals surface area contributed by atoms with Gasteiger partial charge in [0.05, 0.1) is 22.7 Å². The van der Waals surface area contributed by atoms with Crippen LogP contribution in [0, 0.1) is 13.8 Å². The van der Waals surface area contributed by atoms with Crippen molar-refractivity contribution in [3.63, 3.8) is 0 Å². The molecule has 0 unspecified atom stereocenters. The van der Waals surface area contributed by atoms with E-state index in [1.165, 1.54) is 3.71 Å². The third-order valence-electron chi connectivity index (χ3n) is 3.72. The summed E-state index contributed by atoms with van der Waals surface area (Å²) in [5.74, 6) is 0. The minimum atomic E-state index is -3.64. The maximum absolute atomic E-state index is 13.0. The van der Waals surface area contributed by atoms with Gasteiger partial charge < -0.3 is 0 Å². The lowest BCUT2D eigenvalue weighted by molar-refractivity contribution is 0.495. The van der Waals surface area contributed by atoms with E-state index in [9.17, 15) is 8.42 Å². The average Bonchev–Trinajstić information content (AvgIpc) is 2.60. The molecule has 0 aliphatic carbocycles. The molecule has 0 fully saturated rings. The van der Waals surface area contributed by atoms with Crippen LogP contribution in [0.3, 0.4) is 0 Å². The predicted octanol–water partition coefficient (Wildman–Crippen LogP) is 5.21. The number of sulfonamides is 1. The van der Waals surface area contributed by atoms with Crippen LogP contribution >= 0.6 is 23.7 Å². The topological polar surface area (TPSA) is 53.0 Å². The summed E-state index contributed by atoms with van der Waals surface area (Å²) >= 11 is 7.10. The predicted molar refractivity (Wildman–Crippen MR) is 115 cm³/mol. The first kappa shape index (κ1) is 21.8. The molecule has 2 aromatic rings. The Morgan fingerprint density at radius 3 is 2.33 bits per heavy atom. The summed E-state index contributed by atoms with van der Waals surface area (Å²) in [4.78, 5) is 4.69. The maximum Gasteiger partial charge on any atom is 0.253 e. The van der Waals surface area contributed by atoms with Crippen molar-refractivity contribution in [2.24, 2.45) is 4.99 Å². The van der Waals surface area contributed by atoms with E-state index in [4.69, 9.17) is 11.6 Å². The van der Waals surface area contributed by atoms with Gasteiger partial charge in [0.25, 0.3) is 10.0 Å². The van der Waals surface area contributed by atoms with Gasteiger partial charge in [-0.2, -0.15) is 0 Å². The number of benzene rings is 2. The normalized spacial score (nSPS) is 12.3. The molecule has 2 aromatic carbocycles. The second kappa shape index (κ2) is 9.10. The van der Waals surface area contributed by atoms with E-state index in [2.05, 4.69) is 4.99 Å². The van der Waals surface area contributed by atoms with Gasteiger partial charge in [0.15, 0.2) is 0 Å². The van der Waals surface area contributed by atoms with Gasteiger partial charge >= 0.3 is 0 Å². The molecule has 0 aliphatic rings. The SMILES string of the molecule is Cc1ccc(S(=O)(=O)N(SN(C)C=Nc2cc(Cl)ccc2C)C(C)C)cc1. The van der Waals surface area contributed by atoms with Gasteiger partial charge in [0, 0.05) is 18.1 Å². The Labute approximate surface area is 171 Å². The van der Waals surface area contributed by atoms with Crippen molar-refractivity contribution in [2.45, 2.75) is 38.6 Å². The third-order valence-corrected chi connectivity index (χ3v) is 7.44. The maximum atomic E-state index is 13.0. The number of rotatable bonds is 7. The fourth-order valence-corrected chi connectivity index (χ4v) is 5.11. The van der Waals surface area contributed by atoms with Gasteiger partial charge in [-0.1, -0.05) is 35.4 Å². The number of halogens is 1. The number of hydrogen-bond donors (Lipinski definition) is 0. The molecule has 0 saturated carbocycles. The number of aryl methyl sites for hydroxylation is 2. The Kier molecular flexibility index (Phi) is 7.33. The second-order valence-corrected chi connectivity index (χ2v) is 10.1. The minimum Gasteiger partial charge on any atom is -0.296 e. The first-order valence-electron chi connectivity index (χ1n) is 8.43. The summed E-state index contributed by atoms with van der Waals surface area (Å²) in [6.45, 7) is 7.54. The highest BCUT2D eigenvalue weighted by molar-refractivity contribution is 8.07. The molecule has 8 heteroatoms. The molecule has 0 amide bonds. The zero-order chi connectivity index (χ0) is 20.2. The van der Waals surface area contributed by atoms with Gasteiger partial charge in [-0.25, -0.2) is 13.4 Å². The largest absolute Gasteiger partial charge is 0.296 e. The van der Waals surface area contributed by atoms with E-state index in [0.717, 1.165) is 28.9 Å². The van der Waals surface area contributed by atoms with Crippen molar-refractivity contribution in [2.75, 3.05) is 7.05 Å². The highest BCUT2D eigenvalue weighted by Gasteiger charge is 2.29. The van der Waals surface area contributed by atoms with Crippen molar-refractivity contribution >= 4 is 45.8 Å². The van der Waals surface area contributed by atoms with Gasteiger partial charge in [0.1, 0.15) is 6.34 Å². The average molecular weight is 426 g/mol. The van der Waals surface area contributed by atoms with Gasteiger partial charge in [0.2, 0.25) is 0 Å². The van der Waals surface area contributed by atoms with Crippen molar-refractivity contribution in [1.29, 1.82) is 0 Å². The highest BCUT2D eigenvalue weighted by atomic mass is 35.5. The van der Waals surface area contributed by atoms with Crippen molar-refractivity contribution in [3.05, 3.63) is 58.6 Å². The molecule has 0 N–H and O–H groups in total. The quantitative estimate of drug-likeness (QED) is 0.347. The Balaban J connectivity index is 2.21. The Morgan fingerprint density at radius 1 is 1.11 bits per heavy atom. The summed E-state index contributed by atoms with van der Waals surface area (Å²) in [7, 11) is -1.88. The van der Waals surface area contributed by atoms with Crippen LogP contribution in [0.2, 0.25) is 5.02 Å². The third kappa shape index (κ3) is 5.72. The lowest BCUT2D eigenvalue weighted by Crippen LogP contribution is -2.34. The van der Waals surface area contributed by atoms with Crippen molar-refractivity contribution in [1.82, 2.24) is 8.02 Å². The number of aliphatic imine (C=N–C) groups is 1. The number of hydrogen-bond acceptors (Lipinski definition) is 4. The summed E-state index contributed by atoms with van der Waals surface area (Å²) in [6, 6.07) is 12.1. The molecule has 0 aromatic heterocycles. The fraction of sp³-hybridized carbons (Fsp3) is 0.316. The molecule has 146 valence electrons. The first-order valence-corrected chi connectivity index (χ1v) is 11.0. The van der Waals surface area contributed by atoms with Crippen LogP contribution < -0.4 is 0 Å². The van der Waals surface area contributed by atoms with E-state index in [1.54, 1.807) is 48.0 Å². The Hall–Kier alpha value is -1.54. The molecule has 2 rings (SSSR count). The molecule has 0 saturated heterocycles. The van der Waals surface area contributed by atoms with Crippen molar-refractivity contribution in [3.8, 4) is 0 Å². The van der Waals surface area contributed by atoms with Crippen LogP contribution in [-0.4, -0.2) is 35.9 Å². The molecule has 0 radical (unpaired) electrons. The van der Waals surface area contributed by atoms with Gasteiger partial charge in [-0.3, -0.25) is 4.31 Å². The first-order chi connectivity index (χ1) is 12.6. The summed E-state index contributed by atoms with van der Waals surface area (Å²) in [6.07, 6.45) is 1.59. The monoisotopic (exact) mass is 425 g/mol. The van der Waals surface area contributed by atoms with Crippen LogP contribution in [-0.2, 0) is 10.0 Å². The van der Waals surface area contributed by atoms with E-state index in [0.29, 0.717) is 5.02 Å². The molecule has 0 spiro atoms. The summed E-state index contributed by atoms with van der Waals surface area (Å²) in [5, 5.41) is 0.605. The van der Waals surface area contributed by atoms with Crippen molar-refractivity contribution < 1.29 is 8.42 Å². The standard InChI is InChI=1S/C19H24ClN3O2S2/c1-14(2)23(27(24,25)18-10-6-15(3)7-11-18)26-22(5)13-21-19-12-17(20)9-8-16(19)4/h6-14H,1-5H3. The Bertz CT molecular complexity index is 913. The lowest BCUT2D eigenvalue weighted by Gasteiger charge is -2.27. The highest BCUT2D eigenvalue weighted by Crippen LogP contribution is 2.28. The molecule has 0 heterocycles. The second-order valence-electron chi connectivity index (χ2n) is 6.47.